The Labute approximate surface area is 251 Å². The molecule has 5 rings (SSSR count). The fourth-order valence-corrected chi connectivity index (χ4v) is 5.32. The van der Waals surface area contributed by atoms with E-state index in [1.807, 2.05) is 64.1 Å². The van der Waals surface area contributed by atoms with Crippen molar-refractivity contribution in [2.75, 3.05) is 32.1 Å². The van der Waals surface area contributed by atoms with Gasteiger partial charge in [0.2, 0.25) is 5.91 Å². The summed E-state index contributed by atoms with van der Waals surface area (Å²) in [6.45, 7) is 7.61. The summed E-state index contributed by atoms with van der Waals surface area (Å²) in [4.78, 5) is 53.7. The number of likely N-dealkylation sites (tertiary alicyclic amines) is 1. The molecule has 0 atom stereocenters. The van der Waals surface area contributed by atoms with Gasteiger partial charge in [-0.25, -0.2) is 9.97 Å². The molecule has 1 N–H and O–H groups in total. The van der Waals surface area contributed by atoms with Gasteiger partial charge in [-0.3, -0.25) is 14.4 Å². The topological polar surface area (TPSA) is 113 Å². The Morgan fingerprint density at radius 1 is 1.05 bits per heavy atom. The van der Waals surface area contributed by atoms with E-state index in [2.05, 4.69) is 43.7 Å². The number of carbonyl (C=O) groups is 2. The second-order valence-corrected chi connectivity index (χ2v) is 12.2. The minimum absolute atomic E-state index is 0.0682. The molecule has 226 valence electrons. The van der Waals surface area contributed by atoms with Gasteiger partial charge in [0.05, 0.1) is 28.5 Å². The van der Waals surface area contributed by atoms with Gasteiger partial charge in [0.25, 0.3) is 5.56 Å². The summed E-state index contributed by atoms with van der Waals surface area (Å²) in [5.74, 6) is 0.628. The van der Waals surface area contributed by atoms with Crippen molar-refractivity contribution in [2.45, 2.75) is 65.0 Å². The molecule has 2 aromatic heterocycles. The zero-order valence-electron chi connectivity index (χ0n) is 25.6. The second kappa shape index (κ2) is 12.4. The van der Waals surface area contributed by atoms with Crippen LogP contribution < -0.4 is 10.5 Å². The molecule has 4 aromatic rings. The number of aromatic amines is 1. The average Bonchev–Trinajstić information content (AvgIpc) is 3.51. The van der Waals surface area contributed by atoms with Gasteiger partial charge in [-0.05, 0) is 69.5 Å². The van der Waals surface area contributed by atoms with E-state index in [1.54, 1.807) is 0 Å². The predicted molar refractivity (Wildman–Crippen MR) is 170 cm³/mol. The van der Waals surface area contributed by atoms with Gasteiger partial charge in [-0.15, -0.1) is 0 Å². The zero-order chi connectivity index (χ0) is 30.7. The lowest BCUT2D eigenvalue weighted by Crippen LogP contribution is -2.26. The number of rotatable bonds is 10. The van der Waals surface area contributed by atoms with Crippen molar-refractivity contribution in [3.8, 4) is 0 Å². The van der Waals surface area contributed by atoms with E-state index in [1.165, 1.54) is 0 Å². The maximum absolute atomic E-state index is 12.8. The summed E-state index contributed by atoms with van der Waals surface area (Å²) in [7, 11) is 4.03. The molecule has 0 spiro atoms. The SMILES string of the molecule is CN(C)c1ccc(/C=C/c2nc3cc4[nH]c(=O)c(CCC(=O)OC(C)(C)C)nc4cc3n2CCCN2CCCC2=O)cc1. The standard InChI is InChI=1S/C33H40N6O4/c1-33(2,3)43-31(41)16-14-24-32(42)36-25-20-27-28(21-26(25)34-24)39(19-7-18-38-17-6-8-30(38)40)29(35-27)15-11-22-9-12-23(13-10-22)37(4)5/h9-13,15,20-21H,6-8,14,16-19H2,1-5H3,(H,36,42)/b15-11+. The van der Waals surface area contributed by atoms with Crippen LogP contribution in [0.1, 0.15) is 63.5 Å². The molecule has 2 aromatic carbocycles. The largest absolute Gasteiger partial charge is 0.460 e. The number of aryl methyl sites for hydroxylation is 2. The Balaban J connectivity index is 1.46. The second-order valence-electron chi connectivity index (χ2n) is 12.2. The lowest BCUT2D eigenvalue weighted by Gasteiger charge is -2.19. The van der Waals surface area contributed by atoms with Gasteiger partial charge in [0.15, 0.2) is 0 Å². The van der Waals surface area contributed by atoms with E-state index in [0.29, 0.717) is 30.5 Å². The Kier molecular flexibility index (Phi) is 8.66. The third-order valence-electron chi connectivity index (χ3n) is 7.46. The van der Waals surface area contributed by atoms with Crippen molar-refractivity contribution in [1.82, 2.24) is 24.4 Å². The molecule has 1 aliphatic rings. The number of amides is 1. The van der Waals surface area contributed by atoms with Crippen LogP contribution >= 0.6 is 0 Å². The molecule has 0 unspecified atom stereocenters. The summed E-state index contributed by atoms with van der Waals surface area (Å²) >= 11 is 0. The number of carbonyl (C=O) groups excluding carboxylic acids is 2. The highest BCUT2D eigenvalue weighted by Gasteiger charge is 2.20. The minimum atomic E-state index is -0.589. The molecule has 3 heterocycles. The van der Waals surface area contributed by atoms with Crippen LogP contribution in [0.2, 0.25) is 0 Å². The maximum atomic E-state index is 12.8. The summed E-state index contributed by atoms with van der Waals surface area (Å²) in [6.07, 6.45) is 6.61. The predicted octanol–water partition coefficient (Wildman–Crippen LogP) is 4.80. The number of aromatic nitrogens is 4. The smallest absolute Gasteiger partial charge is 0.306 e. The quantitative estimate of drug-likeness (QED) is 0.267. The first-order valence-electron chi connectivity index (χ1n) is 14.8. The molecule has 10 heteroatoms. The lowest BCUT2D eigenvalue weighted by molar-refractivity contribution is -0.154. The van der Waals surface area contributed by atoms with E-state index < -0.39 is 5.60 Å². The molecule has 0 radical (unpaired) electrons. The summed E-state index contributed by atoms with van der Waals surface area (Å²) in [5, 5.41) is 0. The van der Waals surface area contributed by atoms with Crippen molar-refractivity contribution in [3.63, 3.8) is 0 Å². The first kappa shape index (κ1) is 30.0. The van der Waals surface area contributed by atoms with Gasteiger partial charge in [0.1, 0.15) is 17.1 Å². The number of H-pyrrole nitrogens is 1. The number of imidazole rings is 1. The molecule has 10 nitrogen and oxygen atoms in total. The molecule has 43 heavy (non-hydrogen) atoms. The highest BCUT2D eigenvalue weighted by Crippen LogP contribution is 2.24. The number of fused-ring (bicyclic) bond motifs is 2. The number of nitrogens with zero attached hydrogens (tertiary/aromatic N) is 5. The number of ether oxygens (including phenoxy) is 1. The molecule has 0 aliphatic carbocycles. The van der Waals surface area contributed by atoms with Crippen LogP contribution in [0.3, 0.4) is 0 Å². The van der Waals surface area contributed by atoms with Crippen molar-refractivity contribution in [3.05, 3.63) is 63.8 Å². The van der Waals surface area contributed by atoms with Crippen molar-refractivity contribution in [1.29, 1.82) is 0 Å². The maximum Gasteiger partial charge on any atom is 0.306 e. The third-order valence-corrected chi connectivity index (χ3v) is 7.46. The van der Waals surface area contributed by atoms with Crippen LogP contribution in [0, 0.1) is 0 Å². The molecule has 0 saturated carbocycles. The highest BCUT2D eigenvalue weighted by molar-refractivity contribution is 5.92. The van der Waals surface area contributed by atoms with E-state index in [4.69, 9.17) is 9.72 Å². The number of hydrogen-bond acceptors (Lipinski definition) is 7. The Hall–Kier alpha value is -4.47. The summed E-state index contributed by atoms with van der Waals surface area (Å²) in [6, 6.07) is 12.1. The van der Waals surface area contributed by atoms with Gasteiger partial charge >= 0.3 is 5.97 Å². The molecular weight excluding hydrogens is 544 g/mol. The van der Waals surface area contributed by atoms with E-state index in [-0.39, 0.29) is 36.0 Å². The Bertz CT molecular complexity index is 1730. The molecule has 1 aliphatic heterocycles. The number of benzene rings is 2. The van der Waals surface area contributed by atoms with Crippen LogP contribution in [-0.2, 0) is 27.3 Å². The minimum Gasteiger partial charge on any atom is -0.460 e. The van der Waals surface area contributed by atoms with E-state index >= 15 is 0 Å². The fourth-order valence-electron chi connectivity index (χ4n) is 5.32. The Morgan fingerprint density at radius 3 is 2.49 bits per heavy atom. The molecule has 1 saturated heterocycles. The van der Waals surface area contributed by atoms with E-state index in [9.17, 15) is 14.4 Å². The summed E-state index contributed by atoms with van der Waals surface area (Å²) < 4.78 is 7.54. The first-order valence-corrected chi connectivity index (χ1v) is 14.8. The van der Waals surface area contributed by atoms with Gasteiger partial charge in [-0.1, -0.05) is 18.2 Å². The molecule has 0 bridgehead atoms. The first-order chi connectivity index (χ1) is 20.5. The molecular formula is C33H40N6O4. The van der Waals surface area contributed by atoms with Crippen molar-refractivity contribution < 1.29 is 14.3 Å². The van der Waals surface area contributed by atoms with Crippen LogP contribution in [0.25, 0.3) is 34.2 Å². The summed E-state index contributed by atoms with van der Waals surface area (Å²) in [5.41, 5.74) is 4.39. The monoisotopic (exact) mass is 584 g/mol. The van der Waals surface area contributed by atoms with Crippen LogP contribution in [0.15, 0.2) is 41.2 Å². The average molecular weight is 585 g/mol. The van der Waals surface area contributed by atoms with Crippen LogP contribution in [-0.4, -0.2) is 69.1 Å². The Morgan fingerprint density at radius 2 is 1.81 bits per heavy atom. The molecule has 1 amide bonds. The van der Waals surface area contributed by atoms with Gasteiger partial charge in [0, 0.05) is 52.3 Å². The van der Waals surface area contributed by atoms with Gasteiger partial charge in [-0.2, -0.15) is 0 Å². The molecule has 1 fully saturated rings. The highest BCUT2D eigenvalue weighted by atomic mass is 16.6. The normalized spacial score (nSPS) is 14.0. The van der Waals surface area contributed by atoms with Crippen LogP contribution in [0.4, 0.5) is 5.69 Å². The lowest BCUT2D eigenvalue weighted by atomic mass is 10.2. The van der Waals surface area contributed by atoms with Crippen molar-refractivity contribution >= 4 is 51.8 Å². The van der Waals surface area contributed by atoms with E-state index in [0.717, 1.165) is 47.5 Å². The third kappa shape index (κ3) is 7.31. The van der Waals surface area contributed by atoms with Crippen molar-refractivity contribution in [2.24, 2.45) is 0 Å². The fraction of sp³-hybridized carbons (Fsp3) is 0.424. The number of nitrogens with one attached hydrogen (secondary N) is 1. The van der Waals surface area contributed by atoms with Gasteiger partial charge < -0.3 is 24.1 Å². The number of hydrogen-bond donors (Lipinski definition) is 1. The van der Waals surface area contributed by atoms with Crippen LogP contribution in [0.5, 0.6) is 0 Å². The number of esters is 1. The zero-order valence-corrected chi connectivity index (χ0v) is 25.6. The number of anilines is 1.